The highest BCUT2D eigenvalue weighted by molar-refractivity contribution is 7.09. The smallest absolute Gasteiger partial charge is 0.220 e. The maximum Gasteiger partial charge on any atom is 0.220 e. The van der Waals surface area contributed by atoms with Gasteiger partial charge in [-0.3, -0.25) is 4.79 Å². The number of aromatic nitrogens is 2. The molecule has 1 aromatic heterocycles. The molecular formula is C17H23N5O2S. The summed E-state index contributed by atoms with van der Waals surface area (Å²) in [5.74, 6) is 0.631. The van der Waals surface area contributed by atoms with Gasteiger partial charge in [0.25, 0.3) is 0 Å². The van der Waals surface area contributed by atoms with E-state index in [9.17, 15) is 4.79 Å². The van der Waals surface area contributed by atoms with E-state index in [1.165, 1.54) is 11.5 Å². The van der Waals surface area contributed by atoms with Crippen LogP contribution < -0.4 is 16.0 Å². The maximum atomic E-state index is 11.3. The van der Waals surface area contributed by atoms with E-state index < -0.39 is 0 Å². The molecule has 7 nitrogen and oxygen atoms in total. The summed E-state index contributed by atoms with van der Waals surface area (Å²) < 4.78 is 9.34. The lowest BCUT2D eigenvalue weighted by molar-refractivity contribution is -0.122. The van der Waals surface area contributed by atoms with E-state index in [0.717, 1.165) is 54.7 Å². The predicted octanol–water partition coefficient (Wildman–Crippen LogP) is 2.17. The molecule has 0 bridgehead atoms. The van der Waals surface area contributed by atoms with Gasteiger partial charge in [-0.2, -0.15) is 4.37 Å². The molecule has 1 fully saturated rings. The zero-order valence-electron chi connectivity index (χ0n) is 14.3. The van der Waals surface area contributed by atoms with Crippen LogP contribution in [0.15, 0.2) is 24.3 Å². The van der Waals surface area contributed by atoms with E-state index in [1.54, 1.807) is 7.11 Å². The third-order valence-electron chi connectivity index (χ3n) is 4.38. The highest BCUT2D eigenvalue weighted by Crippen LogP contribution is 2.26. The fourth-order valence-corrected chi connectivity index (χ4v) is 3.53. The van der Waals surface area contributed by atoms with E-state index in [0.29, 0.717) is 6.61 Å². The Bertz CT molecular complexity index is 695. The van der Waals surface area contributed by atoms with Gasteiger partial charge < -0.3 is 20.7 Å². The second kappa shape index (κ2) is 8.26. The van der Waals surface area contributed by atoms with Crippen molar-refractivity contribution in [3.05, 3.63) is 30.1 Å². The topological polar surface area (TPSA) is 93.4 Å². The van der Waals surface area contributed by atoms with Gasteiger partial charge in [0, 0.05) is 55.4 Å². The van der Waals surface area contributed by atoms with Gasteiger partial charge >= 0.3 is 0 Å². The van der Waals surface area contributed by atoms with Crippen LogP contribution in [0.4, 0.5) is 16.5 Å². The molecule has 0 atom stereocenters. The SMILES string of the molecule is COCCc1nsc(Nc2ccc(N3CCC(C(N)=O)CC3)cc2)n1. The average Bonchev–Trinajstić information content (AvgIpc) is 3.08. The first-order chi connectivity index (χ1) is 12.2. The van der Waals surface area contributed by atoms with E-state index in [2.05, 4.69) is 31.7 Å². The highest BCUT2D eigenvalue weighted by Gasteiger charge is 2.23. The second-order valence-corrected chi connectivity index (χ2v) is 6.85. The number of primary amides is 1. The van der Waals surface area contributed by atoms with Crippen molar-refractivity contribution >= 4 is 33.9 Å². The number of rotatable bonds is 7. The van der Waals surface area contributed by atoms with Gasteiger partial charge in [-0.1, -0.05) is 0 Å². The molecule has 0 unspecified atom stereocenters. The van der Waals surface area contributed by atoms with Crippen molar-refractivity contribution in [3.63, 3.8) is 0 Å². The molecule has 1 aliphatic heterocycles. The number of piperidine rings is 1. The zero-order chi connectivity index (χ0) is 17.6. The number of hydrogen-bond acceptors (Lipinski definition) is 7. The third-order valence-corrected chi connectivity index (χ3v) is 5.05. The van der Waals surface area contributed by atoms with Crippen molar-refractivity contribution in [2.45, 2.75) is 19.3 Å². The third kappa shape index (κ3) is 4.67. The first kappa shape index (κ1) is 17.6. The van der Waals surface area contributed by atoms with Gasteiger partial charge in [0.1, 0.15) is 5.82 Å². The van der Waals surface area contributed by atoms with Gasteiger partial charge in [-0.05, 0) is 37.1 Å². The summed E-state index contributed by atoms with van der Waals surface area (Å²) in [5.41, 5.74) is 7.53. The number of anilines is 3. The zero-order valence-corrected chi connectivity index (χ0v) is 15.1. The molecule has 0 saturated carbocycles. The summed E-state index contributed by atoms with van der Waals surface area (Å²) in [6.07, 6.45) is 2.36. The quantitative estimate of drug-likeness (QED) is 0.785. The molecule has 0 radical (unpaired) electrons. The molecule has 8 heteroatoms. The van der Waals surface area contributed by atoms with Crippen LogP contribution in [0.1, 0.15) is 18.7 Å². The number of nitrogens with two attached hydrogens (primary N) is 1. The van der Waals surface area contributed by atoms with Crippen molar-refractivity contribution < 1.29 is 9.53 Å². The molecule has 0 spiro atoms. The van der Waals surface area contributed by atoms with Crippen LogP contribution in [-0.4, -0.2) is 42.1 Å². The maximum absolute atomic E-state index is 11.3. The van der Waals surface area contributed by atoms with E-state index in [4.69, 9.17) is 10.5 Å². The molecule has 2 aromatic rings. The van der Waals surface area contributed by atoms with E-state index in [-0.39, 0.29) is 11.8 Å². The Labute approximate surface area is 151 Å². The van der Waals surface area contributed by atoms with Crippen LogP contribution in [0, 0.1) is 5.92 Å². The standard InChI is InChI=1S/C17H23N5O2S/c1-24-11-8-15-20-17(25-21-15)19-13-2-4-14(5-3-13)22-9-6-12(7-10-22)16(18)23/h2-5,12H,6-11H2,1H3,(H2,18,23)(H,19,20,21). The number of hydrogen-bond donors (Lipinski definition) is 2. The number of carbonyl (C=O) groups excluding carboxylic acids is 1. The van der Waals surface area contributed by atoms with Gasteiger partial charge in [-0.25, -0.2) is 4.98 Å². The molecule has 1 saturated heterocycles. The van der Waals surface area contributed by atoms with Gasteiger partial charge in [-0.15, -0.1) is 0 Å². The van der Waals surface area contributed by atoms with Crippen LogP contribution in [0.5, 0.6) is 0 Å². The van der Waals surface area contributed by atoms with Gasteiger partial charge in [0.2, 0.25) is 11.0 Å². The lowest BCUT2D eigenvalue weighted by Gasteiger charge is -2.32. The van der Waals surface area contributed by atoms with Crippen LogP contribution in [0.2, 0.25) is 0 Å². The van der Waals surface area contributed by atoms with E-state index in [1.807, 2.05) is 12.1 Å². The number of carbonyl (C=O) groups is 1. The van der Waals surface area contributed by atoms with Crippen molar-refractivity contribution in [2.24, 2.45) is 11.7 Å². The molecule has 2 heterocycles. The molecule has 3 N–H and O–H groups in total. The number of amides is 1. The van der Waals surface area contributed by atoms with Crippen LogP contribution in [0.25, 0.3) is 0 Å². The van der Waals surface area contributed by atoms with Crippen LogP contribution in [0.3, 0.4) is 0 Å². The summed E-state index contributed by atoms with van der Waals surface area (Å²) in [4.78, 5) is 18.0. The molecular weight excluding hydrogens is 338 g/mol. The number of methoxy groups -OCH3 is 1. The van der Waals surface area contributed by atoms with Crippen molar-refractivity contribution in [2.75, 3.05) is 37.0 Å². The Kier molecular flexibility index (Phi) is 5.83. The Hall–Kier alpha value is -2.19. The minimum atomic E-state index is -0.180. The lowest BCUT2D eigenvalue weighted by Crippen LogP contribution is -2.38. The average molecular weight is 361 g/mol. The van der Waals surface area contributed by atoms with Crippen molar-refractivity contribution in [3.8, 4) is 0 Å². The number of nitrogens with zero attached hydrogens (tertiary/aromatic N) is 3. The fourth-order valence-electron chi connectivity index (χ4n) is 2.90. The monoisotopic (exact) mass is 361 g/mol. The largest absolute Gasteiger partial charge is 0.384 e. The molecule has 25 heavy (non-hydrogen) atoms. The summed E-state index contributed by atoms with van der Waals surface area (Å²) in [7, 11) is 1.67. The lowest BCUT2D eigenvalue weighted by atomic mass is 9.96. The van der Waals surface area contributed by atoms with E-state index >= 15 is 0 Å². The molecule has 1 aliphatic rings. The molecule has 1 amide bonds. The Morgan fingerprint density at radius 2 is 2.08 bits per heavy atom. The number of ether oxygens (including phenoxy) is 1. The highest BCUT2D eigenvalue weighted by atomic mass is 32.1. The Balaban J connectivity index is 1.55. The van der Waals surface area contributed by atoms with Crippen LogP contribution >= 0.6 is 11.5 Å². The fraction of sp³-hybridized carbons (Fsp3) is 0.471. The Morgan fingerprint density at radius 3 is 2.72 bits per heavy atom. The minimum absolute atomic E-state index is 0.0156. The van der Waals surface area contributed by atoms with Gasteiger partial charge in [0.05, 0.1) is 6.61 Å². The van der Waals surface area contributed by atoms with Crippen molar-refractivity contribution in [1.82, 2.24) is 9.36 Å². The molecule has 1 aromatic carbocycles. The molecule has 134 valence electrons. The Morgan fingerprint density at radius 1 is 1.36 bits per heavy atom. The van der Waals surface area contributed by atoms with Crippen molar-refractivity contribution in [1.29, 1.82) is 0 Å². The summed E-state index contributed by atoms with van der Waals surface area (Å²) in [6, 6.07) is 8.23. The summed E-state index contributed by atoms with van der Waals surface area (Å²) in [6.45, 7) is 2.34. The molecule has 3 rings (SSSR count). The number of nitrogens with one attached hydrogen (secondary N) is 1. The first-order valence-corrected chi connectivity index (χ1v) is 9.16. The summed E-state index contributed by atoms with van der Waals surface area (Å²) in [5, 5.41) is 4.06. The number of benzene rings is 1. The normalized spacial score (nSPS) is 15.3. The van der Waals surface area contributed by atoms with Gasteiger partial charge in [0.15, 0.2) is 0 Å². The second-order valence-electron chi connectivity index (χ2n) is 6.09. The first-order valence-electron chi connectivity index (χ1n) is 8.38. The predicted molar refractivity (Wildman–Crippen MR) is 99.3 cm³/mol. The van der Waals surface area contributed by atoms with Crippen LogP contribution in [-0.2, 0) is 16.0 Å². The minimum Gasteiger partial charge on any atom is -0.384 e. The summed E-state index contributed by atoms with van der Waals surface area (Å²) >= 11 is 1.35. The molecule has 0 aliphatic carbocycles.